The van der Waals surface area contributed by atoms with Crippen LogP contribution in [-0.4, -0.2) is 25.9 Å². The van der Waals surface area contributed by atoms with Gasteiger partial charge in [-0.3, -0.25) is 0 Å². The molecule has 0 spiro atoms. The van der Waals surface area contributed by atoms with Gasteiger partial charge in [-0.05, 0) is 6.42 Å². The van der Waals surface area contributed by atoms with Crippen LogP contribution in [0.15, 0.2) is 10.2 Å². The molecule has 0 atom stereocenters. The summed E-state index contributed by atoms with van der Waals surface area (Å²) in [6.45, 7) is 2.47. The van der Waals surface area contributed by atoms with Gasteiger partial charge in [0.1, 0.15) is 0 Å². The normalized spacial score (nSPS) is 10.5. The molecule has 98 valence electrons. The minimum atomic E-state index is -0.915. The number of methoxy groups -OCH3 is 1. The molecular formula is C11H20N2O4. The molecule has 6 heteroatoms. The van der Waals surface area contributed by atoms with Crippen molar-refractivity contribution in [2.45, 2.75) is 45.4 Å². The monoisotopic (exact) mass is 244 g/mol. The summed E-state index contributed by atoms with van der Waals surface area (Å²) in [5.74, 6) is 0. The largest absolute Gasteiger partial charge is 0.452 e. The van der Waals surface area contributed by atoms with Gasteiger partial charge >= 0.3 is 12.2 Å². The van der Waals surface area contributed by atoms with Gasteiger partial charge in [0.05, 0.1) is 13.7 Å². The number of nitrogens with zero attached hydrogens (tertiary/aromatic N) is 2. The lowest BCUT2D eigenvalue weighted by Crippen LogP contribution is -2.01. The molecular weight excluding hydrogens is 224 g/mol. The Balaban J connectivity index is 3.39. The first-order valence-corrected chi connectivity index (χ1v) is 5.87. The van der Waals surface area contributed by atoms with Crippen LogP contribution in [0.4, 0.5) is 9.59 Å². The number of rotatable bonds is 7. The second-order valence-electron chi connectivity index (χ2n) is 3.55. The number of carbonyl (C=O) groups is 2. The van der Waals surface area contributed by atoms with E-state index in [1.54, 1.807) is 0 Å². The van der Waals surface area contributed by atoms with E-state index in [0.717, 1.165) is 26.4 Å². The Morgan fingerprint density at radius 2 is 1.53 bits per heavy atom. The fourth-order valence-electron chi connectivity index (χ4n) is 1.19. The molecule has 2 amide bonds. The first-order chi connectivity index (χ1) is 8.20. The lowest BCUT2D eigenvalue weighted by Gasteiger charge is -2.00. The molecule has 0 aromatic heterocycles. The molecule has 0 saturated heterocycles. The number of hydrogen-bond donors (Lipinski definition) is 0. The Morgan fingerprint density at radius 1 is 0.941 bits per heavy atom. The summed E-state index contributed by atoms with van der Waals surface area (Å²) < 4.78 is 8.91. The van der Waals surface area contributed by atoms with Gasteiger partial charge < -0.3 is 9.47 Å². The zero-order chi connectivity index (χ0) is 12.9. The predicted octanol–water partition coefficient (Wildman–Crippen LogP) is 3.70. The maximum Gasteiger partial charge on any atom is 0.452 e. The second kappa shape index (κ2) is 11.0. The van der Waals surface area contributed by atoms with E-state index in [-0.39, 0.29) is 0 Å². The molecule has 0 N–H and O–H groups in total. The maximum absolute atomic E-state index is 10.9. The molecule has 0 saturated carbocycles. The van der Waals surface area contributed by atoms with E-state index in [9.17, 15) is 9.59 Å². The zero-order valence-electron chi connectivity index (χ0n) is 10.5. The molecule has 0 unspecified atom stereocenters. The van der Waals surface area contributed by atoms with Crippen LogP contribution in [0, 0.1) is 0 Å². The van der Waals surface area contributed by atoms with Crippen LogP contribution in [0.2, 0.25) is 0 Å². The predicted molar refractivity (Wildman–Crippen MR) is 62.0 cm³/mol. The molecule has 0 aromatic carbocycles. The van der Waals surface area contributed by atoms with Gasteiger partial charge in [-0.2, -0.15) is 0 Å². The van der Waals surface area contributed by atoms with E-state index < -0.39 is 12.2 Å². The van der Waals surface area contributed by atoms with E-state index in [2.05, 4.69) is 21.9 Å². The highest BCUT2D eigenvalue weighted by Crippen LogP contribution is 2.05. The van der Waals surface area contributed by atoms with Crippen molar-refractivity contribution in [2.24, 2.45) is 10.2 Å². The fraction of sp³-hybridized carbons (Fsp3) is 0.818. The molecule has 0 heterocycles. The first kappa shape index (κ1) is 15.5. The third-order valence-corrected chi connectivity index (χ3v) is 2.11. The highest BCUT2D eigenvalue weighted by molar-refractivity contribution is 5.72. The van der Waals surface area contributed by atoms with Crippen LogP contribution in [0.3, 0.4) is 0 Å². The molecule has 0 radical (unpaired) electrons. The first-order valence-electron chi connectivity index (χ1n) is 5.87. The number of hydrogen-bond acceptors (Lipinski definition) is 4. The minimum absolute atomic E-state index is 0.311. The summed E-state index contributed by atoms with van der Waals surface area (Å²) in [6, 6.07) is 0. The number of unbranched alkanes of at least 4 members (excludes halogenated alkanes) is 5. The van der Waals surface area contributed by atoms with Crippen LogP contribution in [0.25, 0.3) is 0 Å². The Labute approximate surface area is 101 Å². The van der Waals surface area contributed by atoms with Crippen molar-refractivity contribution in [1.29, 1.82) is 0 Å². The van der Waals surface area contributed by atoms with Crippen LogP contribution in [0.5, 0.6) is 0 Å². The Bertz CT molecular complexity index is 254. The van der Waals surface area contributed by atoms with Gasteiger partial charge in [-0.1, -0.05) is 49.3 Å². The van der Waals surface area contributed by atoms with E-state index in [4.69, 9.17) is 4.74 Å². The van der Waals surface area contributed by atoms with Crippen molar-refractivity contribution < 1.29 is 19.1 Å². The van der Waals surface area contributed by atoms with Gasteiger partial charge in [-0.25, -0.2) is 9.59 Å². The standard InChI is InChI=1S/C11H20N2O4/c1-3-4-5-6-7-8-9-17-11(15)13-12-10(14)16-2/h3-9H2,1-2H3/b13-12+. The number of ether oxygens (including phenoxy) is 2. The zero-order valence-corrected chi connectivity index (χ0v) is 10.5. The third kappa shape index (κ3) is 10.8. The van der Waals surface area contributed by atoms with Gasteiger partial charge in [0, 0.05) is 0 Å². The van der Waals surface area contributed by atoms with Crippen LogP contribution in [-0.2, 0) is 9.47 Å². The van der Waals surface area contributed by atoms with E-state index in [1.807, 2.05) is 0 Å². The summed E-state index contributed by atoms with van der Waals surface area (Å²) in [7, 11) is 1.16. The average molecular weight is 244 g/mol. The number of amides is 2. The third-order valence-electron chi connectivity index (χ3n) is 2.11. The molecule has 17 heavy (non-hydrogen) atoms. The molecule has 6 nitrogen and oxygen atoms in total. The van der Waals surface area contributed by atoms with Gasteiger partial charge in [0.25, 0.3) is 0 Å². The molecule has 0 aliphatic heterocycles. The van der Waals surface area contributed by atoms with Gasteiger partial charge in [-0.15, -0.1) is 0 Å². The molecule has 0 aromatic rings. The Hall–Kier alpha value is -1.46. The van der Waals surface area contributed by atoms with E-state index in [0.29, 0.717) is 6.61 Å². The van der Waals surface area contributed by atoms with Gasteiger partial charge in [0.2, 0.25) is 0 Å². The van der Waals surface area contributed by atoms with Crippen molar-refractivity contribution in [3.8, 4) is 0 Å². The highest BCUT2D eigenvalue weighted by atomic mass is 16.6. The Morgan fingerprint density at radius 3 is 2.18 bits per heavy atom. The lowest BCUT2D eigenvalue weighted by molar-refractivity contribution is 0.150. The molecule has 0 aliphatic rings. The summed E-state index contributed by atoms with van der Waals surface area (Å²) in [6.07, 6.45) is 4.88. The summed E-state index contributed by atoms with van der Waals surface area (Å²) in [5, 5.41) is 6.00. The smallest absolute Gasteiger partial charge is 0.450 e. The summed E-state index contributed by atoms with van der Waals surface area (Å²) in [4.78, 5) is 21.4. The van der Waals surface area contributed by atoms with Crippen molar-refractivity contribution >= 4 is 12.2 Å². The average Bonchev–Trinajstić information content (AvgIpc) is 2.34. The van der Waals surface area contributed by atoms with Crippen LogP contribution >= 0.6 is 0 Å². The quantitative estimate of drug-likeness (QED) is 0.505. The topological polar surface area (TPSA) is 77.3 Å². The molecule has 0 aliphatic carbocycles. The summed E-state index contributed by atoms with van der Waals surface area (Å²) >= 11 is 0. The van der Waals surface area contributed by atoms with Gasteiger partial charge in [0.15, 0.2) is 0 Å². The van der Waals surface area contributed by atoms with E-state index in [1.165, 1.54) is 19.3 Å². The van der Waals surface area contributed by atoms with Crippen molar-refractivity contribution in [2.75, 3.05) is 13.7 Å². The maximum atomic E-state index is 10.9. The second-order valence-corrected chi connectivity index (χ2v) is 3.55. The highest BCUT2D eigenvalue weighted by Gasteiger charge is 2.01. The van der Waals surface area contributed by atoms with Crippen molar-refractivity contribution in [1.82, 2.24) is 0 Å². The minimum Gasteiger partial charge on any atom is -0.450 e. The van der Waals surface area contributed by atoms with Crippen LogP contribution in [0.1, 0.15) is 45.4 Å². The molecule has 0 bridgehead atoms. The van der Waals surface area contributed by atoms with Crippen molar-refractivity contribution in [3.05, 3.63) is 0 Å². The molecule has 0 rings (SSSR count). The fourth-order valence-corrected chi connectivity index (χ4v) is 1.19. The van der Waals surface area contributed by atoms with Crippen LogP contribution < -0.4 is 0 Å². The number of carbonyl (C=O) groups excluding carboxylic acids is 2. The van der Waals surface area contributed by atoms with Crippen molar-refractivity contribution in [3.63, 3.8) is 0 Å². The summed E-state index contributed by atoms with van der Waals surface area (Å²) in [5.41, 5.74) is 0. The lowest BCUT2D eigenvalue weighted by atomic mass is 10.1. The Kier molecular flexibility index (Phi) is 10.1. The molecule has 0 fully saturated rings. The van der Waals surface area contributed by atoms with E-state index >= 15 is 0 Å². The number of azo groups is 1. The SMILES string of the molecule is CCCCCCCCOC(=O)/N=N/C(=O)OC.